The lowest BCUT2D eigenvalue weighted by molar-refractivity contribution is -0.134. The molecule has 0 saturated carbocycles. The van der Waals surface area contributed by atoms with E-state index in [-0.39, 0.29) is 24.3 Å². The van der Waals surface area contributed by atoms with Crippen LogP contribution in [-0.2, 0) is 4.79 Å². The van der Waals surface area contributed by atoms with Crippen molar-refractivity contribution in [1.29, 1.82) is 0 Å². The van der Waals surface area contributed by atoms with Crippen LogP contribution < -0.4 is 10.5 Å². The van der Waals surface area contributed by atoms with E-state index in [9.17, 15) is 9.59 Å². The summed E-state index contributed by atoms with van der Waals surface area (Å²) in [5.74, 6) is 0.483. The first-order valence-corrected chi connectivity index (χ1v) is 6.83. The van der Waals surface area contributed by atoms with Crippen molar-refractivity contribution >= 4 is 11.7 Å². The number of nitrogens with two attached hydrogens (primary N) is 1. The Morgan fingerprint density at radius 1 is 1.35 bits per heavy atom. The second-order valence-corrected chi connectivity index (χ2v) is 5.09. The molecule has 0 radical (unpaired) electrons. The van der Waals surface area contributed by atoms with Gasteiger partial charge >= 0.3 is 0 Å². The Hall–Kier alpha value is -1.88. The van der Waals surface area contributed by atoms with Crippen molar-refractivity contribution in [1.82, 2.24) is 4.90 Å². The van der Waals surface area contributed by atoms with E-state index in [0.717, 1.165) is 12.8 Å². The molecule has 0 unspecified atom stereocenters. The van der Waals surface area contributed by atoms with E-state index in [1.807, 2.05) is 0 Å². The summed E-state index contributed by atoms with van der Waals surface area (Å²) >= 11 is 0. The summed E-state index contributed by atoms with van der Waals surface area (Å²) in [6.45, 7) is 2.88. The molecular weight excluding hydrogens is 256 g/mol. The van der Waals surface area contributed by atoms with E-state index in [2.05, 4.69) is 0 Å². The second kappa shape index (κ2) is 6.52. The van der Waals surface area contributed by atoms with Gasteiger partial charge in [0.1, 0.15) is 5.75 Å². The van der Waals surface area contributed by atoms with Gasteiger partial charge in [-0.3, -0.25) is 9.59 Å². The van der Waals surface area contributed by atoms with Crippen molar-refractivity contribution in [3.8, 4) is 5.75 Å². The predicted molar refractivity (Wildman–Crippen MR) is 75.7 cm³/mol. The van der Waals surface area contributed by atoms with Crippen LogP contribution in [0.5, 0.6) is 5.75 Å². The summed E-state index contributed by atoms with van der Waals surface area (Å²) in [7, 11) is 0. The minimum atomic E-state index is -0.0369. The Morgan fingerprint density at radius 2 is 2.05 bits per heavy atom. The second-order valence-electron chi connectivity index (χ2n) is 5.09. The molecule has 0 aromatic heterocycles. The molecule has 1 aromatic carbocycles. The molecule has 0 atom stereocenters. The molecular formula is C15H20N2O3. The molecule has 1 fully saturated rings. The summed E-state index contributed by atoms with van der Waals surface area (Å²) in [4.78, 5) is 25.0. The summed E-state index contributed by atoms with van der Waals surface area (Å²) in [5, 5.41) is 0. The molecule has 1 aromatic rings. The van der Waals surface area contributed by atoms with Crippen LogP contribution in [0.25, 0.3) is 0 Å². The lowest BCUT2D eigenvalue weighted by atomic mass is 10.1. The third-order valence-electron chi connectivity index (χ3n) is 3.50. The summed E-state index contributed by atoms with van der Waals surface area (Å²) in [6, 6.07) is 7.07. The van der Waals surface area contributed by atoms with Crippen LogP contribution in [0.15, 0.2) is 24.3 Å². The highest BCUT2D eigenvalue weighted by molar-refractivity contribution is 5.94. The van der Waals surface area contributed by atoms with Gasteiger partial charge < -0.3 is 15.4 Å². The molecule has 1 aliphatic heterocycles. The lowest BCUT2D eigenvalue weighted by Gasteiger charge is -2.30. The van der Waals surface area contributed by atoms with Crippen molar-refractivity contribution in [2.75, 3.05) is 19.7 Å². The SMILES string of the molecule is CC(=O)c1cccc(OCC(=O)N2CCC(N)CC2)c1. The van der Waals surface area contributed by atoms with E-state index in [1.54, 1.807) is 29.2 Å². The zero-order chi connectivity index (χ0) is 14.5. The molecule has 20 heavy (non-hydrogen) atoms. The molecule has 1 heterocycles. The van der Waals surface area contributed by atoms with Gasteiger partial charge in [-0.25, -0.2) is 0 Å². The quantitative estimate of drug-likeness (QED) is 0.839. The lowest BCUT2D eigenvalue weighted by Crippen LogP contribution is -2.44. The number of hydrogen-bond acceptors (Lipinski definition) is 4. The van der Waals surface area contributed by atoms with Crippen molar-refractivity contribution in [2.45, 2.75) is 25.8 Å². The number of carbonyl (C=O) groups is 2. The van der Waals surface area contributed by atoms with Gasteiger partial charge in [-0.1, -0.05) is 12.1 Å². The fourth-order valence-corrected chi connectivity index (χ4v) is 2.19. The standard InChI is InChI=1S/C15H20N2O3/c1-11(18)12-3-2-4-14(9-12)20-10-15(19)17-7-5-13(16)6-8-17/h2-4,9,13H,5-8,10,16H2,1H3. The molecule has 5 heteroatoms. The molecule has 1 amide bonds. The number of ketones is 1. The number of hydrogen-bond donors (Lipinski definition) is 1. The van der Waals surface area contributed by atoms with Crippen LogP contribution in [0.3, 0.4) is 0 Å². The van der Waals surface area contributed by atoms with Gasteiger partial charge in [0.15, 0.2) is 12.4 Å². The zero-order valence-corrected chi connectivity index (χ0v) is 11.7. The molecule has 1 aliphatic rings. The molecule has 2 N–H and O–H groups in total. The van der Waals surface area contributed by atoms with Crippen LogP contribution in [0.2, 0.25) is 0 Å². The Bertz CT molecular complexity index is 494. The monoisotopic (exact) mass is 276 g/mol. The van der Waals surface area contributed by atoms with Crippen molar-refractivity contribution in [3.05, 3.63) is 29.8 Å². The number of nitrogens with zero attached hydrogens (tertiary/aromatic N) is 1. The van der Waals surface area contributed by atoms with Gasteiger partial charge in [-0.15, -0.1) is 0 Å². The fraction of sp³-hybridized carbons (Fsp3) is 0.467. The number of Topliss-reactive ketones (excluding diaryl/α,β-unsaturated/α-hetero) is 1. The van der Waals surface area contributed by atoms with E-state index in [0.29, 0.717) is 24.4 Å². The Labute approximate surface area is 118 Å². The van der Waals surface area contributed by atoms with E-state index >= 15 is 0 Å². The molecule has 0 bridgehead atoms. The number of likely N-dealkylation sites (tertiary alicyclic amines) is 1. The fourth-order valence-electron chi connectivity index (χ4n) is 2.19. The molecule has 5 nitrogen and oxygen atoms in total. The minimum absolute atomic E-state index is 0.00338. The smallest absolute Gasteiger partial charge is 0.260 e. The molecule has 1 saturated heterocycles. The van der Waals surface area contributed by atoms with E-state index in [1.165, 1.54) is 6.92 Å². The Morgan fingerprint density at radius 3 is 2.70 bits per heavy atom. The van der Waals surface area contributed by atoms with Crippen LogP contribution in [0.1, 0.15) is 30.1 Å². The van der Waals surface area contributed by atoms with Crippen molar-refractivity contribution < 1.29 is 14.3 Å². The number of ether oxygens (including phenoxy) is 1. The van der Waals surface area contributed by atoms with Crippen LogP contribution in [-0.4, -0.2) is 42.3 Å². The number of benzene rings is 1. The summed E-state index contributed by atoms with van der Waals surface area (Å²) in [6.07, 6.45) is 1.68. The average molecular weight is 276 g/mol. The Balaban J connectivity index is 1.87. The van der Waals surface area contributed by atoms with Crippen molar-refractivity contribution in [2.24, 2.45) is 5.73 Å². The topological polar surface area (TPSA) is 72.6 Å². The highest BCUT2D eigenvalue weighted by Crippen LogP contribution is 2.14. The largest absolute Gasteiger partial charge is 0.484 e. The number of amides is 1. The van der Waals surface area contributed by atoms with E-state index < -0.39 is 0 Å². The molecule has 108 valence electrons. The minimum Gasteiger partial charge on any atom is -0.484 e. The first-order valence-electron chi connectivity index (χ1n) is 6.83. The third-order valence-corrected chi connectivity index (χ3v) is 3.50. The highest BCUT2D eigenvalue weighted by atomic mass is 16.5. The zero-order valence-electron chi connectivity index (χ0n) is 11.7. The van der Waals surface area contributed by atoms with Gasteiger partial charge in [0, 0.05) is 24.7 Å². The van der Waals surface area contributed by atoms with Gasteiger partial charge in [0.2, 0.25) is 0 Å². The third kappa shape index (κ3) is 3.81. The first-order chi connectivity index (χ1) is 9.56. The molecule has 0 spiro atoms. The maximum absolute atomic E-state index is 12.0. The number of rotatable bonds is 4. The highest BCUT2D eigenvalue weighted by Gasteiger charge is 2.20. The van der Waals surface area contributed by atoms with Gasteiger partial charge in [0.05, 0.1) is 0 Å². The van der Waals surface area contributed by atoms with Crippen LogP contribution in [0, 0.1) is 0 Å². The van der Waals surface area contributed by atoms with Crippen molar-refractivity contribution in [3.63, 3.8) is 0 Å². The van der Waals surface area contributed by atoms with Crippen LogP contribution in [0.4, 0.5) is 0 Å². The number of carbonyl (C=O) groups excluding carboxylic acids is 2. The summed E-state index contributed by atoms with van der Waals surface area (Å²) in [5.41, 5.74) is 6.39. The number of piperidine rings is 1. The first kappa shape index (κ1) is 14.5. The normalized spacial score (nSPS) is 16.0. The maximum Gasteiger partial charge on any atom is 0.260 e. The maximum atomic E-state index is 12.0. The van der Waals surface area contributed by atoms with Gasteiger partial charge in [-0.2, -0.15) is 0 Å². The summed E-state index contributed by atoms with van der Waals surface area (Å²) < 4.78 is 5.46. The predicted octanol–water partition coefficient (Wildman–Crippen LogP) is 1.22. The van der Waals surface area contributed by atoms with Gasteiger partial charge in [0.25, 0.3) is 5.91 Å². The average Bonchev–Trinajstić information content (AvgIpc) is 2.46. The van der Waals surface area contributed by atoms with E-state index in [4.69, 9.17) is 10.5 Å². The molecule has 2 rings (SSSR count). The molecule has 0 aliphatic carbocycles. The van der Waals surface area contributed by atoms with Crippen LogP contribution >= 0.6 is 0 Å². The van der Waals surface area contributed by atoms with Gasteiger partial charge in [-0.05, 0) is 31.9 Å². The Kier molecular flexibility index (Phi) is 4.74.